The highest BCUT2D eigenvalue weighted by molar-refractivity contribution is 6.05. The molecular weight excluding hydrogens is 390 g/mol. The molecular formula is C24H21N5O2. The second-order valence-corrected chi connectivity index (χ2v) is 7.23. The number of fused-ring (bicyclic) bond motifs is 1. The fourth-order valence-corrected chi connectivity index (χ4v) is 3.31. The minimum Gasteiger partial charge on any atom is -0.489 e. The van der Waals surface area contributed by atoms with E-state index in [0.717, 1.165) is 33.3 Å². The monoisotopic (exact) mass is 411 g/mol. The number of nitrogens with one attached hydrogen (secondary N) is 3. The first-order valence-corrected chi connectivity index (χ1v) is 9.77. The Morgan fingerprint density at radius 3 is 2.74 bits per heavy atom. The number of nitriles is 1. The maximum absolute atomic E-state index is 12.5. The van der Waals surface area contributed by atoms with Gasteiger partial charge in [-0.25, -0.2) is 4.79 Å². The highest BCUT2D eigenvalue weighted by atomic mass is 16.5. The van der Waals surface area contributed by atoms with Crippen LogP contribution in [0.1, 0.15) is 22.3 Å². The van der Waals surface area contributed by atoms with Gasteiger partial charge in [-0.15, -0.1) is 0 Å². The van der Waals surface area contributed by atoms with Crippen molar-refractivity contribution in [3.63, 3.8) is 0 Å². The summed E-state index contributed by atoms with van der Waals surface area (Å²) in [5.41, 5.74) is 5.01. The lowest BCUT2D eigenvalue weighted by atomic mass is 10.1. The zero-order valence-corrected chi connectivity index (χ0v) is 17.2. The van der Waals surface area contributed by atoms with Crippen LogP contribution in [0.15, 0.2) is 60.7 Å². The maximum Gasteiger partial charge on any atom is 0.324 e. The van der Waals surface area contributed by atoms with Crippen LogP contribution in [-0.4, -0.2) is 16.2 Å². The van der Waals surface area contributed by atoms with Crippen molar-refractivity contribution >= 4 is 28.4 Å². The molecule has 7 nitrogen and oxygen atoms in total. The Morgan fingerprint density at radius 2 is 1.94 bits per heavy atom. The van der Waals surface area contributed by atoms with Crippen molar-refractivity contribution in [1.82, 2.24) is 10.2 Å². The highest BCUT2D eigenvalue weighted by Gasteiger charge is 2.12. The number of hydrogen-bond donors (Lipinski definition) is 3. The quantitative estimate of drug-likeness (QED) is 0.416. The number of aromatic amines is 1. The fraction of sp³-hybridized carbons (Fsp3) is 0.125. The van der Waals surface area contributed by atoms with E-state index >= 15 is 0 Å². The molecule has 0 unspecified atom stereocenters. The molecule has 0 radical (unpaired) electrons. The number of H-pyrrole nitrogens is 1. The van der Waals surface area contributed by atoms with Crippen LogP contribution in [0.25, 0.3) is 10.9 Å². The van der Waals surface area contributed by atoms with E-state index in [1.54, 1.807) is 12.1 Å². The molecule has 0 spiro atoms. The summed E-state index contributed by atoms with van der Waals surface area (Å²) in [5, 5.41) is 22.7. The number of ether oxygens (including phenoxy) is 1. The molecule has 4 aromatic rings. The SMILES string of the molecule is Cc1ccc(NC(=O)Nc2n[nH]c3ccc(OCc4ccccc4C#N)cc23)c(C)c1. The predicted molar refractivity (Wildman–Crippen MR) is 120 cm³/mol. The van der Waals surface area contributed by atoms with E-state index in [0.29, 0.717) is 17.1 Å². The Hall–Kier alpha value is -4.31. The number of rotatable bonds is 5. The Labute approximate surface area is 179 Å². The van der Waals surface area contributed by atoms with Gasteiger partial charge in [0.15, 0.2) is 5.82 Å². The molecule has 1 heterocycles. The average Bonchev–Trinajstić information content (AvgIpc) is 3.16. The standard InChI is InChI=1S/C24H21N5O2/c1-15-7-9-21(16(2)11-15)26-24(30)27-23-20-12-19(8-10-22(20)28-29-23)31-14-18-6-4-3-5-17(18)13-25/h3-12H,14H2,1-2H3,(H3,26,27,28,29,30). The van der Waals surface area contributed by atoms with E-state index in [-0.39, 0.29) is 12.6 Å². The molecule has 0 aliphatic rings. The summed E-state index contributed by atoms with van der Waals surface area (Å²) in [6.07, 6.45) is 0. The minimum absolute atomic E-state index is 0.267. The summed E-state index contributed by atoms with van der Waals surface area (Å²) in [4.78, 5) is 12.5. The third kappa shape index (κ3) is 4.49. The molecule has 0 aliphatic carbocycles. The van der Waals surface area contributed by atoms with Gasteiger partial charge in [0, 0.05) is 16.6 Å². The first-order chi connectivity index (χ1) is 15.0. The van der Waals surface area contributed by atoms with E-state index in [2.05, 4.69) is 26.9 Å². The fourth-order valence-electron chi connectivity index (χ4n) is 3.31. The normalized spacial score (nSPS) is 10.5. The molecule has 0 aliphatic heterocycles. The van der Waals surface area contributed by atoms with E-state index in [9.17, 15) is 10.1 Å². The van der Waals surface area contributed by atoms with Crippen molar-refractivity contribution in [3.05, 3.63) is 82.9 Å². The zero-order valence-electron chi connectivity index (χ0n) is 17.2. The van der Waals surface area contributed by atoms with E-state index in [1.807, 2.05) is 62.4 Å². The van der Waals surface area contributed by atoms with Crippen LogP contribution in [0.2, 0.25) is 0 Å². The lowest BCUT2D eigenvalue weighted by Crippen LogP contribution is -2.20. The van der Waals surface area contributed by atoms with Gasteiger partial charge in [-0.05, 0) is 49.7 Å². The molecule has 0 bridgehead atoms. The first-order valence-electron chi connectivity index (χ1n) is 9.77. The Balaban J connectivity index is 1.49. The van der Waals surface area contributed by atoms with Crippen LogP contribution in [0.3, 0.4) is 0 Å². The molecule has 4 rings (SSSR count). The lowest BCUT2D eigenvalue weighted by Gasteiger charge is -2.10. The number of aryl methyl sites for hydroxylation is 2. The van der Waals surface area contributed by atoms with Crippen LogP contribution < -0.4 is 15.4 Å². The zero-order chi connectivity index (χ0) is 21.8. The second-order valence-electron chi connectivity index (χ2n) is 7.23. The van der Waals surface area contributed by atoms with Crippen LogP contribution in [0, 0.1) is 25.2 Å². The summed E-state index contributed by atoms with van der Waals surface area (Å²) >= 11 is 0. The lowest BCUT2D eigenvalue weighted by molar-refractivity contribution is 0.262. The summed E-state index contributed by atoms with van der Waals surface area (Å²) in [5.74, 6) is 1.01. The smallest absolute Gasteiger partial charge is 0.324 e. The van der Waals surface area contributed by atoms with Gasteiger partial charge >= 0.3 is 6.03 Å². The number of carbonyl (C=O) groups excluding carboxylic acids is 1. The molecule has 7 heteroatoms. The molecule has 2 amide bonds. The summed E-state index contributed by atoms with van der Waals surface area (Å²) < 4.78 is 5.87. The van der Waals surface area contributed by atoms with Gasteiger partial charge in [-0.3, -0.25) is 10.4 Å². The number of urea groups is 1. The Bertz CT molecular complexity index is 1300. The third-order valence-corrected chi connectivity index (χ3v) is 4.93. The van der Waals surface area contributed by atoms with Crippen molar-refractivity contribution in [2.45, 2.75) is 20.5 Å². The summed E-state index contributed by atoms with van der Waals surface area (Å²) in [6.45, 7) is 4.22. The van der Waals surface area contributed by atoms with Crippen molar-refractivity contribution in [2.75, 3.05) is 10.6 Å². The van der Waals surface area contributed by atoms with Crippen molar-refractivity contribution in [2.24, 2.45) is 0 Å². The minimum atomic E-state index is -0.380. The molecule has 0 saturated carbocycles. The Morgan fingerprint density at radius 1 is 1.10 bits per heavy atom. The maximum atomic E-state index is 12.5. The van der Waals surface area contributed by atoms with Crippen molar-refractivity contribution in [1.29, 1.82) is 5.26 Å². The number of hydrogen-bond acceptors (Lipinski definition) is 4. The van der Waals surface area contributed by atoms with Gasteiger partial charge in [-0.1, -0.05) is 35.9 Å². The van der Waals surface area contributed by atoms with Gasteiger partial charge < -0.3 is 10.1 Å². The number of carbonyl (C=O) groups is 1. The average molecular weight is 411 g/mol. The second kappa shape index (κ2) is 8.59. The van der Waals surface area contributed by atoms with Gasteiger partial charge in [0.1, 0.15) is 12.4 Å². The molecule has 3 N–H and O–H groups in total. The topological polar surface area (TPSA) is 103 Å². The van der Waals surface area contributed by atoms with Crippen molar-refractivity contribution < 1.29 is 9.53 Å². The summed E-state index contributed by atoms with van der Waals surface area (Å²) in [6, 6.07) is 20.4. The van der Waals surface area contributed by atoms with Crippen LogP contribution in [0.4, 0.5) is 16.3 Å². The number of amides is 2. The van der Waals surface area contributed by atoms with E-state index < -0.39 is 0 Å². The predicted octanol–water partition coefficient (Wildman–Crippen LogP) is 5.27. The first kappa shape index (κ1) is 20.0. The van der Waals surface area contributed by atoms with E-state index in [1.165, 1.54) is 0 Å². The molecule has 3 aromatic carbocycles. The number of benzene rings is 3. The van der Waals surface area contributed by atoms with Crippen LogP contribution >= 0.6 is 0 Å². The van der Waals surface area contributed by atoms with Crippen LogP contribution in [0.5, 0.6) is 5.75 Å². The van der Waals surface area contributed by atoms with Crippen molar-refractivity contribution in [3.8, 4) is 11.8 Å². The molecule has 1 aromatic heterocycles. The number of anilines is 2. The molecule has 0 atom stereocenters. The van der Waals surface area contributed by atoms with Gasteiger partial charge in [-0.2, -0.15) is 10.4 Å². The van der Waals surface area contributed by atoms with E-state index in [4.69, 9.17) is 4.74 Å². The number of nitrogens with zero attached hydrogens (tertiary/aromatic N) is 2. The van der Waals surface area contributed by atoms with Gasteiger partial charge in [0.05, 0.1) is 17.1 Å². The highest BCUT2D eigenvalue weighted by Crippen LogP contribution is 2.26. The third-order valence-electron chi connectivity index (χ3n) is 4.93. The molecule has 154 valence electrons. The van der Waals surface area contributed by atoms with Gasteiger partial charge in [0.25, 0.3) is 0 Å². The number of aromatic nitrogens is 2. The molecule has 31 heavy (non-hydrogen) atoms. The molecule has 0 fully saturated rings. The molecule has 0 saturated heterocycles. The largest absolute Gasteiger partial charge is 0.489 e. The Kier molecular flexibility index (Phi) is 5.54. The summed E-state index contributed by atoms with van der Waals surface area (Å²) in [7, 11) is 0. The van der Waals surface area contributed by atoms with Gasteiger partial charge in [0.2, 0.25) is 0 Å². The van der Waals surface area contributed by atoms with Crippen LogP contribution in [-0.2, 0) is 6.61 Å².